The van der Waals surface area contributed by atoms with Crippen LogP contribution < -0.4 is 5.32 Å². The van der Waals surface area contributed by atoms with Crippen molar-refractivity contribution in [2.24, 2.45) is 5.92 Å². The van der Waals surface area contributed by atoms with Crippen molar-refractivity contribution in [3.63, 3.8) is 0 Å². The molecule has 2 rings (SSSR count). The lowest BCUT2D eigenvalue weighted by Gasteiger charge is -2.25. The van der Waals surface area contributed by atoms with Gasteiger partial charge in [0.2, 0.25) is 0 Å². The highest BCUT2D eigenvalue weighted by Gasteiger charge is 2.21. The summed E-state index contributed by atoms with van der Waals surface area (Å²) in [5, 5.41) is 3.61. The van der Waals surface area contributed by atoms with Gasteiger partial charge in [-0.1, -0.05) is 20.8 Å². The Balaban J connectivity index is 2.19. The number of imidazole rings is 1. The van der Waals surface area contributed by atoms with Gasteiger partial charge in [0.1, 0.15) is 5.82 Å². The Hall–Kier alpha value is -0.830. The van der Waals surface area contributed by atoms with Crippen molar-refractivity contribution in [1.82, 2.24) is 14.9 Å². The Morgan fingerprint density at radius 3 is 2.67 bits per heavy atom. The van der Waals surface area contributed by atoms with Gasteiger partial charge in [-0.05, 0) is 45.1 Å². The molecule has 1 aliphatic rings. The van der Waals surface area contributed by atoms with Crippen molar-refractivity contribution >= 4 is 0 Å². The fourth-order valence-corrected chi connectivity index (χ4v) is 2.95. The second-order valence-electron chi connectivity index (χ2n) is 5.78. The highest BCUT2D eigenvalue weighted by molar-refractivity contribution is 5.20. The van der Waals surface area contributed by atoms with Crippen LogP contribution in [0.2, 0.25) is 0 Å². The van der Waals surface area contributed by atoms with E-state index in [1.807, 2.05) is 0 Å². The molecule has 0 aliphatic heterocycles. The van der Waals surface area contributed by atoms with Gasteiger partial charge in [0.25, 0.3) is 0 Å². The monoisotopic (exact) mass is 249 g/mol. The highest BCUT2D eigenvalue weighted by Crippen LogP contribution is 2.23. The Morgan fingerprint density at radius 1 is 1.28 bits per heavy atom. The van der Waals surface area contributed by atoms with Crippen LogP contribution in [0.25, 0.3) is 0 Å². The smallest absolute Gasteiger partial charge is 0.106 e. The van der Waals surface area contributed by atoms with E-state index >= 15 is 0 Å². The van der Waals surface area contributed by atoms with Crippen LogP contribution in [-0.4, -0.2) is 22.1 Å². The molecule has 0 fully saturated rings. The molecule has 1 aromatic rings. The molecule has 1 heterocycles. The Kier molecular flexibility index (Phi) is 4.44. The number of likely N-dealkylation sites (N-methyl/N-ethyl adjacent to an activating group) is 1. The van der Waals surface area contributed by atoms with Crippen LogP contribution in [0.5, 0.6) is 0 Å². The van der Waals surface area contributed by atoms with Gasteiger partial charge in [0.15, 0.2) is 0 Å². The number of fused-ring (bicyclic) bond motifs is 1. The maximum absolute atomic E-state index is 4.76. The number of rotatable bonds is 5. The Morgan fingerprint density at radius 2 is 2.00 bits per heavy atom. The third-order valence-corrected chi connectivity index (χ3v) is 4.07. The normalized spacial score (nSPS) is 16.9. The zero-order chi connectivity index (χ0) is 13.1. The van der Waals surface area contributed by atoms with Gasteiger partial charge in [-0.25, -0.2) is 4.98 Å². The molecule has 18 heavy (non-hydrogen) atoms. The van der Waals surface area contributed by atoms with Gasteiger partial charge in [-0.2, -0.15) is 0 Å². The van der Waals surface area contributed by atoms with E-state index in [-0.39, 0.29) is 0 Å². The lowest BCUT2D eigenvalue weighted by molar-refractivity contribution is 0.354. The van der Waals surface area contributed by atoms with Gasteiger partial charge in [0.05, 0.1) is 5.69 Å². The molecule has 0 radical (unpaired) electrons. The van der Waals surface area contributed by atoms with Crippen LogP contribution in [0, 0.1) is 12.8 Å². The van der Waals surface area contributed by atoms with Crippen LogP contribution in [0.1, 0.15) is 50.8 Å². The third kappa shape index (κ3) is 2.77. The summed E-state index contributed by atoms with van der Waals surface area (Å²) in [7, 11) is 0. The van der Waals surface area contributed by atoms with E-state index in [0.29, 0.717) is 12.0 Å². The molecule has 3 nitrogen and oxygen atoms in total. The number of hydrogen-bond acceptors (Lipinski definition) is 2. The molecule has 0 spiro atoms. The minimum absolute atomic E-state index is 0.550. The Labute approximate surface area is 111 Å². The molecular formula is C15H27N3. The fraction of sp³-hybridized carbons (Fsp3) is 0.800. The number of aryl methyl sites for hydroxylation is 2. The van der Waals surface area contributed by atoms with Crippen molar-refractivity contribution in [2.75, 3.05) is 6.54 Å². The average molecular weight is 249 g/mol. The topological polar surface area (TPSA) is 29.9 Å². The van der Waals surface area contributed by atoms with Gasteiger partial charge >= 0.3 is 0 Å². The Bertz CT molecular complexity index is 393. The molecule has 1 unspecified atom stereocenters. The molecule has 102 valence electrons. The second-order valence-corrected chi connectivity index (χ2v) is 5.78. The number of nitrogens with one attached hydrogen (secondary N) is 1. The molecule has 0 amide bonds. The van der Waals surface area contributed by atoms with Gasteiger partial charge in [0, 0.05) is 18.3 Å². The van der Waals surface area contributed by atoms with Gasteiger partial charge in [-0.15, -0.1) is 0 Å². The van der Waals surface area contributed by atoms with E-state index in [0.717, 1.165) is 13.1 Å². The molecule has 0 bridgehead atoms. The van der Waals surface area contributed by atoms with Crippen LogP contribution in [0.15, 0.2) is 0 Å². The van der Waals surface area contributed by atoms with Gasteiger partial charge < -0.3 is 9.88 Å². The quantitative estimate of drug-likeness (QED) is 0.869. The van der Waals surface area contributed by atoms with E-state index in [2.05, 4.69) is 37.6 Å². The molecular weight excluding hydrogens is 222 g/mol. The van der Waals surface area contributed by atoms with E-state index in [4.69, 9.17) is 4.98 Å². The predicted molar refractivity (Wildman–Crippen MR) is 75.9 cm³/mol. The van der Waals surface area contributed by atoms with Crippen molar-refractivity contribution in [2.45, 2.75) is 66.0 Å². The lowest BCUT2D eigenvalue weighted by atomic mass is 10.00. The van der Waals surface area contributed by atoms with Crippen molar-refractivity contribution < 1.29 is 0 Å². The zero-order valence-electron chi connectivity index (χ0n) is 12.3. The van der Waals surface area contributed by atoms with E-state index < -0.39 is 0 Å². The van der Waals surface area contributed by atoms with E-state index in [1.54, 1.807) is 0 Å². The first kappa shape index (κ1) is 13.6. The third-order valence-electron chi connectivity index (χ3n) is 4.07. The van der Waals surface area contributed by atoms with E-state index in [1.165, 1.54) is 42.9 Å². The van der Waals surface area contributed by atoms with Crippen LogP contribution in [0.4, 0.5) is 0 Å². The number of aromatic nitrogens is 2. The maximum Gasteiger partial charge on any atom is 0.106 e. The summed E-state index contributed by atoms with van der Waals surface area (Å²) >= 11 is 0. The molecule has 0 saturated carbocycles. The summed E-state index contributed by atoms with van der Waals surface area (Å²) in [5.41, 5.74) is 2.86. The molecule has 3 heteroatoms. The second kappa shape index (κ2) is 5.87. The molecule has 1 atom stereocenters. The number of hydrogen-bond donors (Lipinski definition) is 1. The standard InChI is InChI=1S/C15H27N3/c1-5-16-14(11(2)3)10-18-12(4)17-13-8-6-7-9-15(13)18/h11,14,16H,5-10H2,1-4H3. The summed E-state index contributed by atoms with van der Waals surface area (Å²) in [6, 6.07) is 0.550. The minimum Gasteiger partial charge on any atom is -0.330 e. The van der Waals surface area contributed by atoms with Crippen LogP contribution >= 0.6 is 0 Å². The summed E-state index contributed by atoms with van der Waals surface area (Å²) in [6.45, 7) is 11.0. The molecule has 1 aliphatic carbocycles. The highest BCUT2D eigenvalue weighted by atomic mass is 15.1. The van der Waals surface area contributed by atoms with Crippen molar-refractivity contribution in [3.8, 4) is 0 Å². The molecule has 1 N–H and O–H groups in total. The molecule has 0 aromatic carbocycles. The van der Waals surface area contributed by atoms with Crippen LogP contribution in [0.3, 0.4) is 0 Å². The maximum atomic E-state index is 4.76. The lowest BCUT2D eigenvalue weighted by Crippen LogP contribution is -2.38. The van der Waals surface area contributed by atoms with Crippen LogP contribution in [-0.2, 0) is 19.4 Å². The van der Waals surface area contributed by atoms with Crippen molar-refractivity contribution in [3.05, 3.63) is 17.2 Å². The molecule has 0 saturated heterocycles. The SMILES string of the molecule is CCNC(Cn1c(C)nc2c1CCCC2)C(C)C. The number of nitrogens with zero attached hydrogens (tertiary/aromatic N) is 2. The summed E-state index contributed by atoms with van der Waals surface area (Å²) < 4.78 is 2.46. The summed E-state index contributed by atoms with van der Waals surface area (Å²) in [5.74, 6) is 1.86. The summed E-state index contributed by atoms with van der Waals surface area (Å²) in [6.07, 6.45) is 5.03. The zero-order valence-corrected chi connectivity index (χ0v) is 12.3. The van der Waals surface area contributed by atoms with Crippen molar-refractivity contribution in [1.29, 1.82) is 0 Å². The molecule has 1 aromatic heterocycles. The van der Waals surface area contributed by atoms with Gasteiger partial charge in [-0.3, -0.25) is 0 Å². The first-order valence-electron chi connectivity index (χ1n) is 7.41. The average Bonchev–Trinajstić information content (AvgIpc) is 2.65. The largest absolute Gasteiger partial charge is 0.330 e. The predicted octanol–water partition coefficient (Wildman–Crippen LogP) is 2.70. The summed E-state index contributed by atoms with van der Waals surface area (Å²) in [4.78, 5) is 4.76. The first-order chi connectivity index (χ1) is 8.63. The van der Waals surface area contributed by atoms with E-state index in [9.17, 15) is 0 Å². The first-order valence-corrected chi connectivity index (χ1v) is 7.41. The minimum atomic E-state index is 0.550. The fourth-order valence-electron chi connectivity index (χ4n) is 2.95.